The SMILES string of the molecule is Cc1nc(Cc2ccc(Cl)cc2)nc(C)c1CNC(C)C. The predicted molar refractivity (Wildman–Crippen MR) is 87.7 cm³/mol. The van der Waals surface area contributed by atoms with Gasteiger partial charge in [-0.1, -0.05) is 37.6 Å². The minimum Gasteiger partial charge on any atom is -0.310 e. The average molecular weight is 304 g/mol. The fourth-order valence-corrected chi connectivity index (χ4v) is 2.36. The normalized spacial score (nSPS) is 11.1. The smallest absolute Gasteiger partial charge is 0.133 e. The van der Waals surface area contributed by atoms with Crippen molar-refractivity contribution < 1.29 is 0 Å². The molecule has 0 spiro atoms. The van der Waals surface area contributed by atoms with E-state index in [1.165, 1.54) is 11.1 Å². The van der Waals surface area contributed by atoms with E-state index in [4.69, 9.17) is 11.6 Å². The Morgan fingerprint density at radius 1 is 1.05 bits per heavy atom. The van der Waals surface area contributed by atoms with Crippen molar-refractivity contribution in [2.45, 2.75) is 46.7 Å². The topological polar surface area (TPSA) is 37.8 Å². The van der Waals surface area contributed by atoms with Crippen molar-refractivity contribution in [1.82, 2.24) is 15.3 Å². The molecule has 0 aliphatic rings. The lowest BCUT2D eigenvalue weighted by molar-refractivity contribution is 0.582. The van der Waals surface area contributed by atoms with Gasteiger partial charge < -0.3 is 5.32 Å². The van der Waals surface area contributed by atoms with Crippen LogP contribution in [0.3, 0.4) is 0 Å². The summed E-state index contributed by atoms with van der Waals surface area (Å²) in [7, 11) is 0. The lowest BCUT2D eigenvalue weighted by Gasteiger charge is -2.13. The number of aromatic nitrogens is 2. The Morgan fingerprint density at radius 2 is 1.62 bits per heavy atom. The van der Waals surface area contributed by atoms with Crippen LogP contribution < -0.4 is 5.32 Å². The van der Waals surface area contributed by atoms with E-state index in [0.29, 0.717) is 6.04 Å². The fourth-order valence-electron chi connectivity index (χ4n) is 2.23. The van der Waals surface area contributed by atoms with Gasteiger partial charge in [-0.25, -0.2) is 9.97 Å². The molecule has 1 aromatic carbocycles. The van der Waals surface area contributed by atoms with Crippen LogP contribution in [0.1, 0.15) is 42.2 Å². The zero-order chi connectivity index (χ0) is 15.4. The average Bonchev–Trinajstić information content (AvgIpc) is 2.40. The van der Waals surface area contributed by atoms with Crippen LogP contribution in [0.5, 0.6) is 0 Å². The zero-order valence-electron chi connectivity index (χ0n) is 13.1. The van der Waals surface area contributed by atoms with Crippen molar-refractivity contribution in [2.75, 3.05) is 0 Å². The summed E-state index contributed by atoms with van der Waals surface area (Å²) in [4.78, 5) is 9.29. The fraction of sp³-hybridized carbons (Fsp3) is 0.412. The van der Waals surface area contributed by atoms with Gasteiger partial charge in [-0.05, 0) is 31.5 Å². The number of hydrogen-bond donors (Lipinski definition) is 1. The molecule has 0 saturated heterocycles. The molecule has 2 aromatic rings. The summed E-state index contributed by atoms with van der Waals surface area (Å²) in [6.07, 6.45) is 0.733. The maximum Gasteiger partial charge on any atom is 0.133 e. The minimum absolute atomic E-state index is 0.456. The molecule has 21 heavy (non-hydrogen) atoms. The van der Waals surface area contributed by atoms with Gasteiger partial charge in [0.15, 0.2) is 0 Å². The molecule has 3 nitrogen and oxygen atoms in total. The van der Waals surface area contributed by atoms with Crippen molar-refractivity contribution in [1.29, 1.82) is 0 Å². The van der Waals surface area contributed by atoms with E-state index in [-0.39, 0.29) is 0 Å². The first-order chi connectivity index (χ1) is 9.95. The highest BCUT2D eigenvalue weighted by molar-refractivity contribution is 6.30. The summed E-state index contributed by atoms with van der Waals surface area (Å²) in [6, 6.07) is 8.29. The van der Waals surface area contributed by atoms with Gasteiger partial charge in [-0.3, -0.25) is 0 Å². The number of nitrogens with one attached hydrogen (secondary N) is 1. The van der Waals surface area contributed by atoms with E-state index >= 15 is 0 Å². The molecule has 0 aliphatic heterocycles. The Kier molecular flexibility index (Phi) is 5.32. The van der Waals surface area contributed by atoms with E-state index in [2.05, 4.69) is 43.0 Å². The van der Waals surface area contributed by atoms with Crippen LogP contribution in [0.2, 0.25) is 5.02 Å². The number of nitrogens with zero attached hydrogens (tertiary/aromatic N) is 2. The van der Waals surface area contributed by atoms with Gasteiger partial charge in [0.2, 0.25) is 0 Å². The number of halogens is 1. The van der Waals surface area contributed by atoms with Crippen molar-refractivity contribution in [3.63, 3.8) is 0 Å². The summed E-state index contributed by atoms with van der Waals surface area (Å²) in [5.41, 5.74) is 4.48. The number of aryl methyl sites for hydroxylation is 2. The van der Waals surface area contributed by atoms with Crippen molar-refractivity contribution >= 4 is 11.6 Å². The third kappa shape index (κ3) is 4.51. The monoisotopic (exact) mass is 303 g/mol. The zero-order valence-corrected chi connectivity index (χ0v) is 13.8. The van der Waals surface area contributed by atoms with Crippen LogP contribution in [-0.4, -0.2) is 16.0 Å². The molecule has 0 atom stereocenters. The Bertz CT molecular complexity index is 583. The standard InChI is InChI=1S/C17H22ClN3/c1-11(2)19-10-16-12(3)20-17(21-13(16)4)9-14-5-7-15(18)8-6-14/h5-8,11,19H,9-10H2,1-4H3. The van der Waals surface area contributed by atoms with Crippen LogP contribution >= 0.6 is 11.6 Å². The Balaban J connectivity index is 2.17. The molecule has 0 aliphatic carbocycles. The van der Waals surface area contributed by atoms with E-state index in [1.54, 1.807) is 0 Å². The van der Waals surface area contributed by atoms with E-state index in [9.17, 15) is 0 Å². The lowest BCUT2D eigenvalue weighted by Crippen LogP contribution is -2.23. The van der Waals surface area contributed by atoms with Gasteiger partial charge in [-0.15, -0.1) is 0 Å². The molecule has 1 N–H and O–H groups in total. The molecule has 0 unspecified atom stereocenters. The molecule has 0 amide bonds. The summed E-state index contributed by atoms with van der Waals surface area (Å²) in [6.45, 7) is 9.20. The van der Waals surface area contributed by atoms with E-state index in [0.717, 1.165) is 35.2 Å². The van der Waals surface area contributed by atoms with Crippen LogP contribution in [0.15, 0.2) is 24.3 Å². The molecule has 112 valence electrons. The van der Waals surface area contributed by atoms with Gasteiger partial charge in [0.1, 0.15) is 5.82 Å². The maximum absolute atomic E-state index is 5.91. The maximum atomic E-state index is 5.91. The predicted octanol–water partition coefficient (Wildman–Crippen LogP) is 3.84. The first-order valence-corrected chi connectivity index (χ1v) is 7.64. The van der Waals surface area contributed by atoms with Gasteiger partial charge in [0.05, 0.1) is 0 Å². The Labute approximate surface area is 131 Å². The Morgan fingerprint density at radius 3 is 2.14 bits per heavy atom. The second kappa shape index (κ2) is 7.01. The van der Waals surface area contributed by atoms with Crippen molar-refractivity contribution in [2.24, 2.45) is 0 Å². The Hall–Kier alpha value is -1.45. The summed E-state index contributed by atoms with van der Waals surface area (Å²) < 4.78 is 0. The molecule has 0 saturated carbocycles. The second-order valence-corrected chi connectivity index (χ2v) is 6.06. The molecular formula is C17H22ClN3. The lowest BCUT2D eigenvalue weighted by atomic mass is 10.1. The molecule has 1 aromatic heterocycles. The number of rotatable bonds is 5. The highest BCUT2D eigenvalue weighted by Crippen LogP contribution is 2.15. The molecule has 1 heterocycles. The second-order valence-electron chi connectivity index (χ2n) is 5.63. The molecule has 0 fully saturated rings. The number of benzene rings is 1. The number of hydrogen-bond acceptors (Lipinski definition) is 3. The summed E-state index contributed by atoms with van der Waals surface area (Å²) in [5.74, 6) is 0.862. The first kappa shape index (κ1) is 15.9. The van der Waals surface area contributed by atoms with Crippen molar-refractivity contribution in [3.05, 3.63) is 57.6 Å². The third-order valence-electron chi connectivity index (χ3n) is 3.43. The van der Waals surface area contributed by atoms with Gasteiger partial charge in [0.25, 0.3) is 0 Å². The first-order valence-electron chi connectivity index (χ1n) is 7.26. The summed E-state index contributed by atoms with van der Waals surface area (Å²) >= 11 is 5.91. The van der Waals surface area contributed by atoms with Gasteiger partial charge >= 0.3 is 0 Å². The molecule has 2 rings (SSSR count). The van der Waals surface area contributed by atoms with E-state index < -0.39 is 0 Å². The van der Waals surface area contributed by atoms with Gasteiger partial charge in [0, 0.05) is 41.0 Å². The van der Waals surface area contributed by atoms with Crippen LogP contribution in [0.25, 0.3) is 0 Å². The minimum atomic E-state index is 0.456. The third-order valence-corrected chi connectivity index (χ3v) is 3.68. The summed E-state index contributed by atoms with van der Waals surface area (Å²) in [5, 5.41) is 4.18. The largest absolute Gasteiger partial charge is 0.310 e. The molecule has 0 bridgehead atoms. The highest BCUT2D eigenvalue weighted by Gasteiger charge is 2.09. The van der Waals surface area contributed by atoms with Crippen LogP contribution in [-0.2, 0) is 13.0 Å². The van der Waals surface area contributed by atoms with Crippen LogP contribution in [0, 0.1) is 13.8 Å². The van der Waals surface area contributed by atoms with Crippen LogP contribution in [0.4, 0.5) is 0 Å². The molecule has 0 radical (unpaired) electrons. The molecular weight excluding hydrogens is 282 g/mol. The quantitative estimate of drug-likeness (QED) is 0.912. The van der Waals surface area contributed by atoms with Crippen molar-refractivity contribution in [3.8, 4) is 0 Å². The van der Waals surface area contributed by atoms with Gasteiger partial charge in [-0.2, -0.15) is 0 Å². The van der Waals surface area contributed by atoms with E-state index in [1.807, 2.05) is 24.3 Å². The molecule has 4 heteroatoms. The highest BCUT2D eigenvalue weighted by atomic mass is 35.5.